The average molecular weight is 178 g/mol. The molecule has 0 saturated heterocycles. The molecule has 0 aliphatic heterocycles. The Kier molecular flexibility index (Phi) is 2.84. The van der Waals surface area contributed by atoms with Gasteiger partial charge in [0, 0.05) is 6.20 Å². The molecule has 68 valence electrons. The fourth-order valence-corrected chi connectivity index (χ4v) is 1.04. The first-order valence-electron chi connectivity index (χ1n) is 3.92. The van der Waals surface area contributed by atoms with Crippen LogP contribution in [0.3, 0.4) is 0 Å². The lowest BCUT2D eigenvalue weighted by molar-refractivity contribution is -0.107. The third kappa shape index (κ3) is 2.18. The minimum absolute atomic E-state index is 0.126. The minimum Gasteiger partial charge on any atom is -0.303 e. The Morgan fingerprint density at radius 2 is 2.23 bits per heavy atom. The van der Waals surface area contributed by atoms with Gasteiger partial charge in [-0.3, -0.25) is 9.78 Å². The molecule has 1 aromatic heterocycles. The molecule has 13 heavy (non-hydrogen) atoms. The van der Waals surface area contributed by atoms with Crippen molar-refractivity contribution >= 4 is 12.1 Å². The third-order valence-electron chi connectivity index (χ3n) is 1.60. The molecule has 0 aliphatic rings. The first-order chi connectivity index (χ1) is 6.15. The molecular formula is C9H10N2O2. The first-order valence-corrected chi connectivity index (χ1v) is 3.92. The zero-order chi connectivity index (χ0) is 9.84. The van der Waals surface area contributed by atoms with Crippen molar-refractivity contribution in [3.05, 3.63) is 23.3 Å². The van der Waals surface area contributed by atoms with Crippen molar-refractivity contribution in [1.82, 2.24) is 9.97 Å². The van der Waals surface area contributed by atoms with Crippen LogP contribution in [0.4, 0.5) is 0 Å². The van der Waals surface area contributed by atoms with Crippen molar-refractivity contribution in [3.63, 3.8) is 0 Å². The Balaban J connectivity index is 3.01. The molecule has 0 radical (unpaired) electrons. The molecule has 0 N–H and O–H groups in total. The van der Waals surface area contributed by atoms with Crippen LogP contribution >= 0.6 is 0 Å². The van der Waals surface area contributed by atoms with Crippen molar-refractivity contribution in [2.75, 3.05) is 0 Å². The van der Waals surface area contributed by atoms with E-state index in [0.29, 0.717) is 12.0 Å². The van der Waals surface area contributed by atoms with Crippen molar-refractivity contribution in [3.8, 4) is 0 Å². The summed E-state index contributed by atoms with van der Waals surface area (Å²) in [5.41, 5.74) is 1.63. The number of rotatable bonds is 3. The molecule has 0 aromatic carbocycles. The lowest BCUT2D eigenvalue weighted by Crippen LogP contribution is -2.07. The lowest BCUT2D eigenvalue weighted by atomic mass is 10.2. The first kappa shape index (κ1) is 9.51. The minimum atomic E-state index is -0.278. The second-order valence-corrected chi connectivity index (χ2v) is 2.74. The number of carbonyl (C=O) groups excluding carboxylic acids is 2. The summed E-state index contributed by atoms with van der Waals surface area (Å²) >= 11 is 0. The highest BCUT2D eigenvalue weighted by atomic mass is 16.1. The summed E-state index contributed by atoms with van der Waals surface area (Å²) in [6.07, 6.45) is 1.97. The highest BCUT2D eigenvalue weighted by Crippen LogP contribution is 2.04. The van der Waals surface area contributed by atoms with Gasteiger partial charge in [-0.1, -0.05) is 0 Å². The molecule has 1 aromatic rings. The standard InChI is InChI=1S/C9H10N2O2/c1-6-5-10-9(7(2)11-6)8(13)3-4-12/h4-5H,3H2,1-2H3. The predicted octanol–water partition coefficient (Wildman–Crippen LogP) is 0.865. The maximum Gasteiger partial charge on any atom is 0.190 e. The van der Waals surface area contributed by atoms with Gasteiger partial charge in [0.2, 0.25) is 0 Å². The number of hydrogen-bond donors (Lipinski definition) is 0. The number of carbonyl (C=O) groups is 2. The van der Waals surface area contributed by atoms with Crippen molar-refractivity contribution in [1.29, 1.82) is 0 Å². The molecule has 0 aliphatic carbocycles. The van der Waals surface area contributed by atoms with E-state index in [1.54, 1.807) is 13.8 Å². The number of hydrogen-bond acceptors (Lipinski definition) is 4. The van der Waals surface area contributed by atoms with E-state index in [2.05, 4.69) is 9.97 Å². The number of ketones is 1. The Labute approximate surface area is 76.0 Å². The summed E-state index contributed by atoms with van der Waals surface area (Å²) in [6.45, 7) is 3.51. The van der Waals surface area contributed by atoms with Crippen LogP contribution in [0.25, 0.3) is 0 Å². The van der Waals surface area contributed by atoms with E-state index < -0.39 is 0 Å². The number of aromatic nitrogens is 2. The van der Waals surface area contributed by atoms with Gasteiger partial charge in [0.1, 0.15) is 12.0 Å². The number of Topliss-reactive ketones (excluding diaryl/α,β-unsaturated/α-hetero) is 1. The highest BCUT2D eigenvalue weighted by Gasteiger charge is 2.10. The van der Waals surface area contributed by atoms with Crippen LogP contribution in [0.2, 0.25) is 0 Å². The van der Waals surface area contributed by atoms with E-state index in [1.807, 2.05) is 0 Å². The van der Waals surface area contributed by atoms with Crippen LogP contribution in [0.15, 0.2) is 6.20 Å². The number of aldehydes is 1. The van der Waals surface area contributed by atoms with Crippen LogP contribution in [0.1, 0.15) is 28.3 Å². The third-order valence-corrected chi connectivity index (χ3v) is 1.60. The molecule has 1 heterocycles. The van der Waals surface area contributed by atoms with Crippen LogP contribution in [0.5, 0.6) is 0 Å². The van der Waals surface area contributed by atoms with Crippen LogP contribution in [0, 0.1) is 13.8 Å². The van der Waals surface area contributed by atoms with E-state index >= 15 is 0 Å². The average Bonchev–Trinajstić information content (AvgIpc) is 2.04. The fourth-order valence-electron chi connectivity index (χ4n) is 1.04. The van der Waals surface area contributed by atoms with Crippen LogP contribution in [-0.2, 0) is 4.79 Å². The molecule has 0 amide bonds. The van der Waals surface area contributed by atoms with Gasteiger partial charge >= 0.3 is 0 Å². The molecule has 0 spiro atoms. The van der Waals surface area contributed by atoms with Gasteiger partial charge in [-0.05, 0) is 13.8 Å². The van der Waals surface area contributed by atoms with E-state index in [0.717, 1.165) is 5.69 Å². The molecule has 4 heteroatoms. The van der Waals surface area contributed by atoms with E-state index in [-0.39, 0.29) is 17.9 Å². The van der Waals surface area contributed by atoms with Gasteiger partial charge in [0.15, 0.2) is 5.78 Å². The van der Waals surface area contributed by atoms with Gasteiger partial charge in [-0.2, -0.15) is 0 Å². The summed E-state index contributed by atoms with van der Waals surface area (Å²) in [5, 5.41) is 0. The second kappa shape index (κ2) is 3.89. The smallest absolute Gasteiger partial charge is 0.190 e. The number of aryl methyl sites for hydroxylation is 2. The molecular weight excluding hydrogens is 168 g/mol. The van der Waals surface area contributed by atoms with Gasteiger partial charge in [-0.15, -0.1) is 0 Å². The molecule has 4 nitrogen and oxygen atoms in total. The second-order valence-electron chi connectivity index (χ2n) is 2.74. The predicted molar refractivity (Wildman–Crippen MR) is 46.5 cm³/mol. The fraction of sp³-hybridized carbons (Fsp3) is 0.333. The van der Waals surface area contributed by atoms with E-state index in [1.165, 1.54) is 6.20 Å². The van der Waals surface area contributed by atoms with Crippen molar-refractivity contribution in [2.24, 2.45) is 0 Å². The quantitative estimate of drug-likeness (QED) is 0.391. The topological polar surface area (TPSA) is 59.9 Å². The van der Waals surface area contributed by atoms with Gasteiger partial charge in [0.05, 0.1) is 17.8 Å². The Hall–Kier alpha value is -1.58. The zero-order valence-corrected chi connectivity index (χ0v) is 7.57. The summed E-state index contributed by atoms with van der Waals surface area (Å²) in [4.78, 5) is 29.3. The molecule has 1 rings (SSSR count). The van der Waals surface area contributed by atoms with Gasteiger partial charge in [-0.25, -0.2) is 4.98 Å². The molecule has 0 atom stereocenters. The lowest BCUT2D eigenvalue weighted by Gasteiger charge is -2.00. The van der Waals surface area contributed by atoms with E-state index in [4.69, 9.17) is 0 Å². The highest BCUT2D eigenvalue weighted by molar-refractivity contribution is 6.01. The van der Waals surface area contributed by atoms with Crippen molar-refractivity contribution < 1.29 is 9.59 Å². The summed E-state index contributed by atoms with van der Waals surface area (Å²) in [7, 11) is 0. The summed E-state index contributed by atoms with van der Waals surface area (Å²) in [5.74, 6) is -0.278. The largest absolute Gasteiger partial charge is 0.303 e. The van der Waals surface area contributed by atoms with Crippen LogP contribution < -0.4 is 0 Å². The SMILES string of the molecule is Cc1cnc(C(=O)CC=O)c(C)n1. The molecule has 0 fully saturated rings. The summed E-state index contributed by atoms with van der Waals surface area (Å²) < 4.78 is 0. The normalized spacial score (nSPS) is 9.69. The van der Waals surface area contributed by atoms with Crippen molar-refractivity contribution in [2.45, 2.75) is 20.3 Å². The van der Waals surface area contributed by atoms with Gasteiger partial charge in [0.25, 0.3) is 0 Å². The number of nitrogens with zero attached hydrogens (tertiary/aromatic N) is 2. The summed E-state index contributed by atoms with van der Waals surface area (Å²) in [6, 6.07) is 0. The maximum atomic E-state index is 11.2. The monoisotopic (exact) mass is 178 g/mol. The zero-order valence-electron chi connectivity index (χ0n) is 7.57. The molecule has 0 saturated carbocycles. The molecule has 0 bridgehead atoms. The Bertz CT molecular complexity index is 347. The molecule has 0 unspecified atom stereocenters. The Morgan fingerprint density at radius 3 is 2.77 bits per heavy atom. The van der Waals surface area contributed by atoms with Gasteiger partial charge < -0.3 is 4.79 Å². The maximum absolute atomic E-state index is 11.2. The van der Waals surface area contributed by atoms with E-state index in [9.17, 15) is 9.59 Å². The Morgan fingerprint density at radius 1 is 1.54 bits per heavy atom. The van der Waals surface area contributed by atoms with Crippen LogP contribution in [-0.4, -0.2) is 22.0 Å².